The average Bonchev–Trinajstić information content (AvgIpc) is 2.54. The number of carbonyl (C=O) groups excluding carboxylic acids is 1. The van der Waals surface area contributed by atoms with Crippen molar-refractivity contribution in [3.8, 4) is 0 Å². The van der Waals surface area contributed by atoms with Gasteiger partial charge in [0.25, 0.3) is 0 Å². The molecule has 1 amide bonds. The summed E-state index contributed by atoms with van der Waals surface area (Å²) >= 11 is 0. The summed E-state index contributed by atoms with van der Waals surface area (Å²) in [6.07, 6.45) is 0. The molecule has 0 radical (unpaired) electrons. The van der Waals surface area contributed by atoms with Crippen LogP contribution in [0.5, 0.6) is 0 Å². The molecule has 1 aromatic carbocycles. The van der Waals surface area contributed by atoms with Crippen molar-refractivity contribution in [3.05, 3.63) is 29.8 Å². The zero-order valence-corrected chi connectivity index (χ0v) is 9.73. The normalized spacial score (nSPS) is 18.0. The molecule has 0 unspecified atom stereocenters. The number of hydrogen-bond donors (Lipinski definition) is 2. The fourth-order valence-corrected chi connectivity index (χ4v) is 1.72. The van der Waals surface area contributed by atoms with E-state index >= 15 is 0 Å². The predicted molar refractivity (Wildman–Crippen MR) is 62.7 cm³/mol. The average molecular weight is 234 g/mol. The van der Waals surface area contributed by atoms with Crippen molar-refractivity contribution in [1.29, 1.82) is 0 Å². The van der Waals surface area contributed by atoms with Crippen LogP contribution in [0, 0.1) is 5.41 Å². The van der Waals surface area contributed by atoms with Crippen LogP contribution in [0.15, 0.2) is 24.3 Å². The molecule has 90 valence electrons. The maximum absolute atomic E-state index is 11.6. The van der Waals surface area contributed by atoms with Gasteiger partial charge >= 0.3 is 5.97 Å². The Balaban J connectivity index is 2.20. The van der Waals surface area contributed by atoms with Crippen LogP contribution in [0.4, 0.5) is 5.69 Å². The maximum atomic E-state index is 11.6. The fourth-order valence-electron chi connectivity index (χ4n) is 1.72. The molecule has 1 aliphatic rings. The monoisotopic (exact) mass is 234 g/mol. The Morgan fingerprint density at radius 1 is 1.35 bits per heavy atom. The van der Waals surface area contributed by atoms with Crippen molar-refractivity contribution in [1.82, 2.24) is 5.43 Å². The third kappa shape index (κ3) is 2.08. The number of nitrogens with zero attached hydrogens (tertiary/aromatic N) is 1. The first-order valence-electron chi connectivity index (χ1n) is 5.32. The van der Waals surface area contributed by atoms with E-state index in [1.807, 2.05) is 13.8 Å². The number of carbonyl (C=O) groups is 2. The molecule has 5 nitrogen and oxygen atoms in total. The molecule has 5 heteroatoms. The van der Waals surface area contributed by atoms with Gasteiger partial charge in [-0.1, -0.05) is 0 Å². The number of hydrogen-bond acceptors (Lipinski definition) is 3. The van der Waals surface area contributed by atoms with Gasteiger partial charge in [0.15, 0.2) is 0 Å². The molecule has 1 aromatic rings. The number of amides is 1. The summed E-state index contributed by atoms with van der Waals surface area (Å²) in [5, 5.41) is 10.5. The smallest absolute Gasteiger partial charge is 0.335 e. The van der Waals surface area contributed by atoms with Crippen LogP contribution in [0.25, 0.3) is 0 Å². The van der Waals surface area contributed by atoms with Crippen molar-refractivity contribution >= 4 is 17.6 Å². The standard InChI is InChI=1S/C12H14N2O3/c1-12(2)7-14(13-11(12)17)9-5-3-8(4-6-9)10(15)16/h3-6H,7H2,1-2H3,(H,13,17)(H,15,16). The molecule has 2 rings (SSSR count). The number of aromatic carboxylic acids is 1. The highest BCUT2D eigenvalue weighted by Gasteiger charge is 2.37. The number of benzene rings is 1. The van der Waals surface area contributed by atoms with E-state index in [1.54, 1.807) is 17.1 Å². The molecule has 0 spiro atoms. The molecule has 1 heterocycles. The van der Waals surface area contributed by atoms with Crippen LogP contribution in [0.3, 0.4) is 0 Å². The molecule has 0 aliphatic carbocycles. The summed E-state index contributed by atoms with van der Waals surface area (Å²) in [4.78, 5) is 22.3. The van der Waals surface area contributed by atoms with Crippen LogP contribution >= 0.6 is 0 Å². The number of anilines is 1. The van der Waals surface area contributed by atoms with Crippen LogP contribution in [0.2, 0.25) is 0 Å². The first-order valence-corrected chi connectivity index (χ1v) is 5.32. The summed E-state index contributed by atoms with van der Waals surface area (Å²) < 4.78 is 0. The van der Waals surface area contributed by atoms with Gasteiger partial charge in [-0.15, -0.1) is 0 Å². The molecule has 0 saturated carbocycles. The molecule has 0 aromatic heterocycles. The van der Waals surface area contributed by atoms with Gasteiger partial charge in [-0.3, -0.25) is 15.2 Å². The SMILES string of the molecule is CC1(C)CN(c2ccc(C(=O)O)cc2)NC1=O. The van der Waals surface area contributed by atoms with Crippen molar-refractivity contribution in [3.63, 3.8) is 0 Å². The predicted octanol–water partition coefficient (Wildman–Crippen LogP) is 1.26. The molecule has 0 bridgehead atoms. The van der Waals surface area contributed by atoms with E-state index in [2.05, 4.69) is 5.43 Å². The summed E-state index contributed by atoms with van der Waals surface area (Å²) in [6.45, 7) is 4.31. The summed E-state index contributed by atoms with van der Waals surface area (Å²) in [6, 6.07) is 6.42. The molecule has 2 N–H and O–H groups in total. The van der Waals surface area contributed by atoms with Crippen LogP contribution in [0.1, 0.15) is 24.2 Å². The number of hydrazine groups is 1. The summed E-state index contributed by atoms with van der Waals surface area (Å²) in [5.74, 6) is -0.984. The quantitative estimate of drug-likeness (QED) is 0.808. The highest BCUT2D eigenvalue weighted by Crippen LogP contribution is 2.26. The molecule has 1 aliphatic heterocycles. The van der Waals surface area contributed by atoms with Crippen molar-refractivity contribution in [2.75, 3.05) is 11.6 Å². The van der Waals surface area contributed by atoms with Gasteiger partial charge in [0.2, 0.25) is 5.91 Å². The second-order valence-electron chi connectivity index (χ2n) is 4.76. The largest absolute Gasteiger partial charge is 0.478 e. The van der Waals surface area contributed by atoms with Gasteiger partial charge in [0.1, 0.15) is 0 Å². The summed E-state index contributed by atoms with van der Waals surface area (Å²) in [5.41, 5.74) is 3.35. The van der Waals surface area contributed by atoms with Crippen LogP contribution < -0.4 is 10.4 Å². The second-order valence-corrected chi connectivity index (χ2v) is 4.76. The van der Waals surface area contributed by atoms with E-state index in [-0.39, 0.29) is 11.5 Å². The van der Waals surface area contributed by atoms with Gasteiger partial charge in [-0.05, 0) is 38.1 Å². The molecule has 0 atom stereocenters. The first-order chi connectivity index (χ1) is 7.90. The van der Waals surface area contributed by atoms with Gasteiger partial charge in [-0.25, -0.2) is 4.79 Å². The Labute approximate surface area is 99.0 Å². The molecule has 17 heavy (non-hydrogen) atoms. The van der Waals surface area contributed by atoms with E-state index < -0.39 is 11.4 Å². The number of nitrogens with one attached hydrogen (secondary N) is 1. The van der Waals surface area contributed by atoms with E-state index in [1.165, 1.54) is 12.1 Å². The zero-order valence-electron chi connectivity index (χ0n) is 9.73. The van der Waals surface area contributed by atoms with E-state index in [4.69, 9.17) is 5.11 Å². The molecular weight excluding hydrogens is 220 g/mol. The number of rotatable bonds is 2. The summed E-state index contributed by atoms with van der Waals surface area (Å²) in [7, 11) is 0. The minimum absolute atomic E-state index is 0.0280. The lowest BCUT2D eigenvalue weighted by molar-refractivity contribution is -0.125. The minimum atomic E-state index is -0.956. The molecule has 1 fully saturated rings. The van der Waals surface area contributed by atoms with Crippen molar-refractivity contribution in [2.45, 2.75) is 13.8 Å². The Morgan fingerprint density at radius 3 is 2.35 bits per heavy atom. The zero-order chi connectivity index (χ0) is 12.6. The van der Waals surface area contributed by atoms with Crippen molar-refractivity contribution < 1.29 is 14.7 Å². The van der Waals surface area contributed by atoms with Gasteiger partial charge in [0.05, 0.1) is 23.2 Å². The van der Waals surface area contributed by atoms with Crippen LogP contribution in [-0.2, 0) is 4.79 Å². The van der Waals surface area contributed by atoms with Crippen LogP contribution in [-0.4, -0.2) is 23.5 Å². The van der Waals surface area contributed by atoms with Gasteiger partial charge in [-0.2, -0.15) is 0 Å². The lowest BCUT2D eigenvalue weighted by atomic mass is 9.94. The Kier molecular flexibility index (Phi) is 2.53. The van der Waals surface area contributed by atoms with E-state index in [0.717, 1.165) is 5.69 Å². The fraction of sp³-hybridized carbons (Fsp3) is 0.333. The number of carboxylic acids is 1. The topological polar surface area (TPSA) is 69.6 Å². The van der Waals surface area contributed by atoms with Gasteiger partial charge in [0, 0.05) is 0 Å². The minimum Gasteiger partial charge on any atom is -0.478 e. The molecule has 1 saturated heterocycles. The third-order valence-corrected chi connectivity index (χ3v) is 2.83. The van der Waals surface area contributed by atoms with E-state index in [9.17, 15) is 9.59 Å². The second kappa shape index (κ2) is 3.76. The highest BCUT2D eigenvalue weighted by atomic mass is 16.4. The highest BCUT2D eigenvalue weighted by molar-refractivity contribution is 5.89. The van der Waals surface area contributed by atoms with Gasteiger partial charge < -0.3 is 5.11 Å². The van der Waals surface area contributed by atoms with Crippen molar-refractivity contribution in [2.24, 2.45) is 5.41 Å². The Bertz CT molecular complexity index is 465. The third-order valence-electron chi connectivity index (χ3n) is 2.83. The van der Waals surface area contributed by atoms with E-state index in [0.29, 0.717) is 6.54 Å². The maximum Gasteiger partial charge on any atom is 0.335 e. The molecular formula is C12H14N2O3. The lowest BCUT2D eigenvalue weighted by Gasteiger charge is -2.18. The Morgan fingerprint density at radius 2 is 1.94 bits per heavy atom. The lowest BCUT2D eigenvalue weighted by Crippen LogP contribution is -2.33. The first kappa shape index (κ1) is 11.4. The Hall–Kier alpha value is -2.04. The number of carboxylic acid groups (broad SMARTS) is 1.